The monoisotopic (exact) mass is 380 g/mol. The summed E-state index contributed by atoms with van der Waals surface area (Å²) in [6.07, 6.45) is 4.98. The van der Waals surface area contributed by atoms with Crippen molar-refractivity contribution in [2.24, 2.45) is 5.92 Å². The van der Waals surface area contributed by atoms with Crippen LogP contribution in [0.1, 0.15) is 42.5 Å². The highest BCUT2D eigenvalue weighted by molar-refractivity contribution is 5.33. The predicted molar refractivity (Wildman–Crippen MR) is 111 cm³/mol. The molecule has 5 heterocycles. The van der Waals surface area contributed by atoms with Gasteiger partial charge in [0.2, 0.25) is 0 Å². The summed E-state index contributed by atoms with van der Waals surface area (Å²) in [5.41, 5.74) is 4.05. The van der Waals surface area contributed by atoms with Crippen molar-refractivity contribution in [1.29, 1.82) is 0 Å². The molecule has 0 spiro atoms. The topological polar surface area (TPSA) is 33.5 Å². The minimum absolute atomic E-state index is 0.584. The second-order valence-corrected chi connectivity index (χ2v) is 8.76. The molecule has 4 fully saturated rings. The Hall–Kier alpha value is -1.85. The van der Waals surface area contributed by atoms with Crippen molar-refractivity contribution in [1.82, 2.24) is 19.6 Å². The normalized spacial score (nSPS) is 31.9. The van der Waals surface area contributed by atoms with E-state index in [1.165, 1.54) is 42.8 Å². The number of likely N-dealkylation sites (tertiary alicyclic amines) is 1. The minimum atomic E-state index is 0.584. The van der Waals surface area contributed by atoms with Gasteiger partial charge in [-0.3, -0.25) is 14.5 Å². The summed E-state index contributed by atoms with van der Waals surface area (Å²) in [5, 5.41) is 4.69. The van der Waals surface area contributed by atoms with Gasteiger partial charge in [-0.1, -0.05) is 12.1 Å². The van der Waals surface area contributed by atoms with Crippen LogP contribution in [-0.4, -0.2) is 58.4 Å². The Labute approximate surface area is 168 Å². The summed E-state index contributed by atoms with van der Waals surface area (Å²) in [5.74, 6) is 2.38. The molecule has 0 N–H and O–H groups in total. The van der Waals surface area contributed by atoms with Gasteiger partial charge in [-0.25, -0.2) is 0 Å². The number of hydrogen-bond acceptors (Lipinski definition) is 4. The highest BCUT2D eigenvalue weighted by Gasteiger charge is 2.53. The standard InChI is InChI=1S/C23H32N4O/c1-4-27-14-19(16(2)24-27)13-26-15-21(17-5-7-20(28-3)8-6-17)23-22(26)18-9-11-25(23)12-10-18/h5-8,14,18,21-23H,4,9-13,15H2,1-3H3/t21-,22+,23+/m0/s1. The fourth-order valence-corrected chi connectivity index (χ4v) is 5.96. The van der Waals surface area contributed by atoms with E-state index in [1.54, 1.807) is 7.11 Å². The van der Waals surface area contributed by atoms with E-state index in [0.717, 1.165) is 31.3 Å². The fourth-order valence-electron chi connectivity index (χ4n) is 5.96. The van der Waals surface area contributed by atoms with Gasteiger partial charge >= 0.3 is 0 Å². The minimum Gasteiger partial charge on any atom is -0.497 e. The Bertz CT molecular complexity index is 822. The Balaban J connectivity index is 1.45. The zero-order valence-electron chi connectivity index (χ0n) is 17.3. The largest absolute Gasteiger partial charge is 0.497 e. The van der Waals surface area contributed by atoms with Gasteiger partial charge in [0.15, 0.2) is 0 Å². The van der Waals surface area contributed by atoms with E-state index in [9.17, 15) is 0 Å². The molecule has 0 amide bonds. The van der Waals surface area contributed by atoms with Crippen molar-refractivity contribution in [3.8, 4) is 5.75 Å². The molecule has 6 rings (SSSR count). The van der Waals surface area contributed by atoms with Crippen LogP contribution in [0.4, 0.5) is 0 Å². The number of methoxy groups -OCH3 is 1. The Morgan fingerprint density at radius 2 is 1.86 bits per heavy atom. The smallest absolute Gasteiger partial charge is 0.118 e. The van der Waals surface area contributed by atoms with E-state index < -0.39 is 0 Å². The van der Waals surface area contributed by atoms with Crippen LogP contribution < -0.4 is 4.74 Å². The molecule has 4 aliphatic heterocycles. The van der Waals surface area contributed by atoms with Crippen molar-refractivity contribution in [2.75, 3.05) is 26.7 Å². The van der Waals surface area contributed by atoms with Gasteiger partial charge in [0, 0.05) is 49.4 Å². The molecule has 5 nitrogen and oxygen atoms in total. The summed E-state index contributed by atoms with van der Waals surface area (Å²) in [4.78, 5) is 5.56. The van der Waals surface area contributed by atoms with Gasteiger partial charge < -0.3 is 4.74 Å². The Morgan fingerprint density at radius 1 is 1.11 bits per heavy atom. The van der Waals surface area contributed by atoms with Crippen LogP contribution in [0.25, 0.3) is 0 Å². The molecule has 1 aromatic carbocycles. The number of aryl methyl sites for hydroxylation is 2. The number of aromatic nitrogens is 2. The number of hydrogen-bond donors (Lipinski definition) is 0. The molecule has 4 aliphatic rings. The lowest BCUT2D eigenvalue weighted by Gasteiger charge is -2.51. The molecule has 28 heavy (non-hydrogen) atoms. The third-order valence-corrected chi connectivity index (χ3v) is 7.38. The molecular formula is C23H32N4O. The quantitative estimate of drug-likeness (QED) is 0.797. The molecule has 150 valence electrons. The summed E-state index contributed by atoms with van der Waals surface area (Å²) < 4.78 is 7.46. The lowest BCUT2D eigenvalue weighted by atomic mass is 9.75. The van der Waals surface area contributed by atoms with Crippen LogP contribution in [0.15, 0.2) is 30.5 Å². The second kappa shape index (κ2) is 7.20. The van der Waals surface area contributed by atoms with E-state index in [0.29, 0.717) is 18.0 Å². The van der Waals surface area contributed by atoms with Crippen molar-refractivity contribution < 1.29 is 4.74 Å². The molecule has 2 bridgehead atoms. The second-order valence-electron chi connectivity index (χ2n) is 8.76. The molecule has 0 radical (unpaired) electrons. The van der Waals surface area contributed by atoms with Crippen LogP contribution in [0, 0.1) is 12.8 Å². The first-order chi connectivity index (χ1) is 13.7. The molecule has 1 aromatic heterocycles. The molecule has 4 saturated heterocycles. The lowest BCUT2D eigenvalue weighted by Crippen LogP contribution is -2.59. The van der Waals surface area contributed by atoms with Crippen molar-refractivity contribution in [3.63, 3.8) is 0 Å². The summed E-state index contributed by atoms with van der Waals surface area (Å²) in [7, 11) is 1.74. The van der Waals surface area contributed by atoms with E-state index >= 15 is 0 Å². The van der Waals surface area contributed by atoms with Gasteiger partial charge in [0.05, 0.1) is 12.8 Å². The van der Waals surface area contributed by atoms with Crippen LogP contribution >= 0.6 is 0 Å². The van der Waals surface area contributed by atoms with Gasteiger partial charge in [-0.15, -0.1) is 0 Å². The summed E-state index contributed by atoms with van der Waals surface area (Å²) in [6, 6.07) is 10.2. The molecular weight excluding hydrogens is 348 g/mol. The number of nitrogens with zero attached hydrogens (tertiary/aromatic N) is 4. The SMILES string of the molecule is CCn1cc(CN2C[C@@H](c3ccc(OC)cc3)[C@@H]3[C@H]2C2CCN3CC2)c(C)n1. The van der Waals surface area contributed by atoms with Crippen LogP contribution in [0.3, 0.4) is 0 Å². The first-order valence-corrected chi connectivity index (χ1v) is 10.8. The van der Waals surface area contributed by atoms with E-state index in [1.807, 2.05) is 0 Å². The fraction of sp³-hybridized carbons (Fsp3) is 0.609. The van der Waals surface area contributed by atoms with Crippen LogP contribution in [-0.2, 0) is 13.1 Å². The number of rotatable bonds is 5. The molecule has 5 heteroatoms. The van der Waals surface area contributed by atoms with Crippen LogP contribution in [0.5, 0.6) is 5.75 Å². The number of piperidine rings is 3. The third kappa shape index (κ3) is 2.96. The predicted octanol–water partition coefficient (Wildman–Crippen LogP) is 3.28. The van der Waals surface area contributed by atoms with Crippen molar-refractivity contribution in [2.45, 2.75) is 57.8 Å². The number of benzene rings is 1. The third-order valence-electron chi connectivity index (χ3n) is 7.38. The zero-order valence-corrected chi connectivity index (χ0v) is 17.3. The highest BCUT2D eigenvalue weighted by Crippen LogP contribution is 2.47. The van der Waals surface area contributed by atoms with E-state index in [2.05, 4.69) is 63.9 Å². The molecule has 0 unspecified atom stereocenters. The average Bonchev–Trinajstić information content (AvgIpc) is 3.31. The Kier molecular flexibility index (Phi) is 4.68. The first kappa shape index (κ1) is 18.2. The van der Waals surface area contributed by atoms with Gasteiger partial charge in [0.1, 0.15) is 5.75 Å². The maximum absolute atomic E-state index is 5.38. The lowest BCUT2D eigenvalue weighted by molar-refractivity contribution is -0.00873. The average molecular weight is 381 g/mol. The van der Waals surface area contributed by atoms with Crippen molar-refractivity contribution in [3.05, 3.63) is 47.3 Å². The number of fused-ring (bicyclic) bond motifs is 2. The molecule has 0 aliphatic carbocycles. The van der Waals surface area contributed by atoms with Crippen molar-refractivity contribution >= 4 is 0 Å². The van der Waals surface area contributed by atoms with E-state index in [4.69, 9.17) is 4.74 Å². The van der Waals surface area contributed by atoms with E-state index in [-0.39, 0.29) is 0 Å². The first-order valence-electron chi connectivity index (χ1n) is 10.8. The van der Waals surface area contributed by atoms with Gasteiger partial charge in [-0.05, 0) is 63.4 Å². The maximum Gasteiger partial charge on any atom is 0.118 e. The highest BCUT2D eigenvalue weighted by atomic mass is 16.5. The molecule has 0 saturated carbocycles. The van der Waals surface area contributed by atoms with Gasteiger partial charge in [0.25, 0.3) is 0 Å². The Morgan fingerprint density at radius 3 is 2.50 bits per heavy atom. The summed E-state index contributed by atoms with van der Waals surface area (Å²) in [6.45, 7) is 9.99. The number of ether oxygens (including phenoxy) is 1. The zero-order chi connectivity index (χ0) is 19.3. The van der Waals surface area contributed by atoms with Gasteiger partial charge in [-0.2, -0.15) is 5.10 Å². The molecule has 2 aromatic rings. The maximum atomic E-state index is 5.38. The summed E-state index contributed by atoms with van der Waals surface area (Å²) >= 11 is 0. The van der Waals surface area contributed by atoms with Crippen LogP contribution in [0.2, 0.25) is 0 Å². The molecule has 3 atom stereocenters.